The molecular formula is C35H63NO4. The first kappa shape index (κ1) is 36.4. The van der Waals surface area contributed by atoms with E-state index in [-0.39, 0.29) is 30.9 Å². The van der Waals surface area contributed by atoms with E-state index < -0.39 is 0 Å². The van der Waals surface area contributed by atoms with Crippen LogP contribution in [0, 0.1) is 0 Å². The number of carbonyl (C=O) groups excluding carboxylic acids is 2. The third-order valence-corrected chi connectivity index (χ3v) is 7.97. The second kappa shape index (κ2) is 26.3. The molecular weight excluding hydrogens is 498 g/mol. The van der Waals surface area contributed by atoms with Gasteiger partial charge in [-0.3, -0.25) is 9.59 Å². The highest BCUT2D eigenvalue weighted by Gasteiger charge is 2.20. The Bertz CT molecular complexity index is 729. The summed E-state index contributed by atoms with van der Waals surface area (Å²) in [5, 5.41) is 9.06. The molecule has 0 fully saturated rings. The zero-order valence-electron chi connectivity index (χ0n) is 26.3. The smallest absolute Gasteiger partial charge is 0.306 e. The fourth-order valence-corrected chi connectivity index (χ4v) is 5.39. The summed E-state index contributed by atoms with van der Waals surface area (Å²) in [4.78, 5) is 25.6. The summed E-state index contributed by atoms with van der Waals surface area (Å²) in [5.41, 5.74) is 0.663. The first-order valence-corrected chi connectivity index (χ1v) is 17.1. The maximum Gasteiger partial charge on any atom is 0.306 e. The molecule has 1 aromatic heterocycles. The Kier molecular flexibility index (Phi) is 23.9. The molecule has 1 atom stereocenters. The lowest BCUT2D eigenvalue weighted by Crippen LogP contribution is -2.22. The number of aliphatic hydroxyl groups is 1. The monoisotopic (exact) mass is 561 g/mol. The fraction of sp³-hybridized carbons (Fsp3) is 0.829. The molecule has 0 aromatic carbocycles. The van der Waals surface area contributed by atoms with Gasteiger partial charge < -0.3 is 14.4 Å². The van der Waals surface area contributed by atoms with Crippen LogP contribution < -0.4 is 0 Å². The van der Waals surface area contributed by atoms with Crippen molar-refractivity contribution in [2.75, 3.05) is 6.61 Å². The van der Waals surface area contributed by atoms with Crippen molar-refractivity contribution in [1.82, 2.24) is 4.57 Å². The molecule has 0 aliphatic heterocycles. The van der Waals surface area contributed by atoms with Gasteiger partial charge in [0.1, 0.15) is 6.10 Å². The molecule has 0 aliphatic carbocycles. The van der Waals surface area contributed by atoms with Crippen LogP contribution in [0.2, 0.25) is 0 Å². The van der Waals surface area contributed by atoms with E-state index in [1.165, 1.54) is 103 Å². The number of hydrogen-bond acceptors (Lipinski definition) is 4. The lowest BCUT2D eigenvalue weighted by Gasteiger charge is -2.17. The number of Topliss-reactive ketones (excluding diaryl/α,β-unsaturated/α-hetero) is 1. The number of carbonyl (C=O) groups is 2. The van der Waals surface area contributed by atoms with Gasteiger partial charge >= 0.3 is 5.97 Å². The summed E-state index contributed by atoms with van der Waals surface area (Å²) < 4.78 is 7.82. The molecule has 0 bridgehead atoms. The molecule has 5 nitrogen and oxygen atoms in total. The standard InChI is InChI=1S/C35H63NO4/c1-3-5-7-9-11-13-14-16-18-20-22-25-35(39)40-33(24-21-19-17-15-12-10-8-6-4-2)30-34(38)32-26-28-36(31-32)27-23-29-37/h26,28,31,33,37H,3-25,27,29-30H2,1-2H3. The van der Waals surface area contributed by atoms with E-state index in [4.69, 9.17) is 9.84 Å². The quantitative estimate of drug-likeness (QED) is 0.0600. The predicted molar refractivity (Wildman–Crippen MR) is 168 cm³/mol. The van der Waals surface area contributed by atoms with Gasteiger partial charge in [-0.2, -0.15) is 0 Å². The zero-order valence-corrected chi connectivity index (χ0v) is 26.3. The molecule has 0 saturated heterocycles. The summed E-state index contributed by atoms with van der Waals surface area (Å²) >= 11 is 0. The van der Waals surface area contributed by atoms with Gasteiger partial charge in [-0.15, -0.1) is 0 Å². The van der Waals surface area contributed by atoms with Gasteiger partial charge in [0.15, 0.2) is 5.78 Å². The van der Waals surface area contributed by atoms with Gasteiger partial charge in [-0.25, -0.2) is 0 Å². The number of aliphatic hydroxyl groups excluding tert-OH is 1. The summed E-state index contributed by atoms with van der Waals surface area (Å²) in [6.07, 6.45) is 30.6. The average Bonchev–Trinajstić information content (AvgIpc) is 3.43. The number of hydrogen-bond donors (Lipinski definition) is 1. The summed E-state index contributed by atoms with van der Waals surface area (Å²) in [5.74, 6) is -0.115. The number of aromatic nitrogens is 1. The van der Waals surface area contributed by atoms with Crippen molar-refractivity contribution in [3.63, 3.8) is 0 Å². The van der Waals surface area contributed by atoms with Crippen LogP contribution in [-0.2, 0) is 16.1 Å². The summed E-state index contributed by atoms with van der Waals surface area (Å²) in [6, 6.07) is 1.84. The molecule has 0 radical (unpaired) electrons. The van der Waals surface area contributed by atoms with Crippen molar-refractivity contribution in [2.45, 2.75) is 181 Å². The lowest BCUT2D eigenvalue weighted by molar-refractivity contribution is -0.149. The molecule has 0 amide bonds. The van der Waals surface area contributed by atoms with Gasteiger partial charge in [-0.05, 0) is 31.7 Å². The second-order valence-corrected chi connectivity index (χ2v) is 11.9. The summed E-state index contributed by atoms with van der Waals surface area (Å²) in [6.45, 7) is 5.34. The normalized spacial score (nSPS) is 12.1. The number of aryl methyl sites for hydroxylation is 1. The Hall–Kier alpha value is -1.62. The van der Waals surface area contributed by atoms with Gasteiger partial charge in [0, 0.05) is 44.0 Å². The number of ether oxygens (including phenoxy) is 1. The highest BCUT2D eigenvalue weighted by Crippen LogP contribution is 2.18. The topological polar surface area (TPSA) is 68.5 Å². The SMILES string of the molecule is CCCCCCCCCCCCCC(=O)OC(CCCCCCCCCCC)CC(=O)c1ccn(CCCO)c1. The molecule has 1 heterocycles. The Morgan fingerprint density at radius 2 is 1.23 bits per heavy atom. The number of nitrogens with zero attached hydrogens (tertiary/aromatic N) is 1. The van der Waals surface area contributed by atoms with Gasteiger partial charge in [0.25, 0.3) is 0 Å². The largest absolute Gasteiger partial charge is 0.462 e. The van der Waals surface area contributed by atoms with E-state index >= 15 is 0 Å². The van der Waals surface area contributed by atoms with Crippen LogP contribution in [0.4, 0.5) is 0 Å². The molecule has 1 unspecified atom stereocenters. The van der Waals surface area contributed by atoms with Crippen molar-refractivity contribution in [1.29, 1.82) is 0 Å². The highest BCUT2D eigenvalue weighted by molar-refractivity contribution is 5.96. The Balaban J connectivity index is 2.36. The Labute approximate surface area is 246 Å². The molecule has 232 valence electrons. The number of rotatable bonds is 29. The fourth-order valence-electron chi connectivity index (χ4n) is 5.39. The van der Waals surface area contributed by atoms with Crippen molar-refractivity contribution in [3.8, 4) is 0 Å². The van der Waals surface area contributed by atoms with E-state index in [0.717, 1.165) is 32.1 Å². The molecule has 5 heteroatoms. The lowest BCUT2D eigenvalue weighted by atomic mass is 10.0. The maximum absolute atomic E-state index is 13.0. The van der Waals surface area contributed by atoms with Gasteiger partial charge in [0.05, 0.1) is 0 Å². The number of ketones is 1. The van der Waals surface area contributed by atoms with Crippen molar-refractivity contribution >= 4 is 11.8 Å². The van der Waals surface area contributed by atoms with Crippen molar-refractivity contribution in [2.24, 2.45) is 0 Å². The maximum atomic E-state index is 13.0. The number of unbranched alkanes of at least 4 members (excludes halogenated alkanes) is 18. The average molecular weight is 562 g/mol. The predicted octanol–water partition coefficient (Wildman–Crippen LogP) is 9.98. The highest BCUT2D eigenvalue weighted by atomic mass is 16.5. The van der Waals surface area contributed by atoms with Crippen LogP contribution in [-0.4, -0.2) is 34.1 Å². The molecule has 0 spiro atoms. The van der Waals surface area contributed by atoms with E-state index in [0.29, 0.717) is 24.9 Å². The van der Waals surface area contributed by atoms with Crippen LogP contribution in [0.1, 0.15) is 178 Å². The zero-order chi connectivity index (χ0) is 29.1. The first-order valence-electron chi connectivity index (χ1n) is 17.1. The van der Waals surface area contributed by atoms with E-state index in [1.54, 1.807) is 0 Å². The molecule has 0 saturated carbocycles. The van der Waals surface area contributed by atoms with Crippen LogP contribution in [0.15, 0.2) is 18.5 Å². The minimum atomic E-state index is -0.335. The van der Waals surface area contributed by atoms with Crippen LogP contribution in [0.5, 0.6) is 0 Å². The van der Waals surface area contributed by atoms with E-state index in [2.05, 4.69) is 13.8 Å². The van der Waals surface area contributed by atoms with Crippen LogP contribution >= 0.6 is 0 Å². The first-order chi connectivity index (χ1) is 19.6. The minimum Gasteiger partial charge on any atom is -0.462 e. The minimum absolute atomic E-state index is 0.0335. The Morgan fingerprint density at radius 1 is 0.725 bits per heavy atom. The van der Waals surface area contributed by atoms with Gasteiger partial charge in [-0.1, -0.05) is 129 Å². The molecule has 1 N–H and O–H groups in total. The molecule has 40 heavy (non-hydrogen) atoms. The summed E-state index contributed by atoms with van der Waals surface area (Å²) in [7, 11) is 0. The molecule has 0 aliphatic rings. The van der Waals surface area contributed by atoms with Crippen LogP contribution in [0.3, 0.4) is 0 Å². The van der Waals surface area contributed by atoms with E-state index in [9.17, 15) is 9.59 Å². The third-order valence-electron chi connectivity index (χ3n) is 7.97. The number of esters is 1. The second-order valence-electron chi connectivity index (χ2n) is 11.9. The molecule has 1 rings (SSSR count). The Morgan fingerprint density at radius 3 is 1.75 bits per heavy atom. The van der Waals surface area contributed by atoms with Gasteiger partial charge in [0.2, 0.25) is 0 Å². The third kappa shape index (κ3) is 20.3. The van der Waals surface area contributed by atoms with E-state index in [1.807, 2.05) is 23.0 Å². The van der Waals surface area contributed by atoms with Crippen molar-refractivity contribution < 1.29 is 19.4 Å². The van der Waals surface area contributed by atoms with Crippen molar-refractivity contribution in [3.05, 3.63) is 24.0 Å². The molecule has 1 aromatic rings. The van der Waals surface area contributed by atoms with Crippen LogP contribution in [0.25, 0.3) is 0 Å².